The summed E-state index contributed by atoms with van der Waals surface area (Å²) in [6.07, 6.45) is 1.47. The van der Waals surface area contributed by atoms with Gasteiger partial charge in [0.1, 0.15) is 5.15 Å². The van der Waals surface area contributed by atoms with Gasteiger partial charge in [0, 0.05) is 36.0 Å². The summed E-state index contributed by atoms with van der Waals surface area (Å²) < 4.78 is 0. The first-order valence-corrected chi connectivity index (χ1v) is 7.32. The van der Waals surface area contributed by atoms with Crippen LogP contribution in [0.5, 0.6) is 0 Å². The van der Waals surface area contributed by atoms with Gasteiger partial charge in [-0.05, 0) is 12.1 Å². The molecule has 0 spiro atoms. The highest BCUT2D eigenvalue weighted by atomic mass is 35.5. The number of carbonyl (C=O) groups is 2. The molecule has 7 heteroatoms. The maximum absolute atomic E-state index is 12.0. The van der Waals surface area contributed by atoms with Crippen molar-refractivity contribution >= 4 is 40.9 Å². The molecule has 0 bridgehead atoms. The van der Waals surface area contributed by atoms with Crippen LogP contribution in [0.1, 0.15) is 6.92 Å². The van der Waals surface area contributed by atoms with E-state index in [-0.39, 0.29) is 5.15 Å². The average Bonchev–Trinajstić information content (AvgIpc) is 2.38. The van der Waals surface area contributed by atoms with Crippen molar-refractivity contribution in [2.45, 2.75) is 12.2 Å². The zero-order valence-corrected chi connectivity index (χ0v) is 12.0. The third-order valence-corrected chi connectivity index (χ3v) is 4.05. The first-order valence-electron chi connectivity index (χ1n) is 5.89. The smallest absolute Gasteiger partial charge is 0.313 e. The standard InChI is InChI=1S/C12H14ClN3O2S/c1-8-7-16(4-5-19-8)12(18)11(17)15-9-2-3-14-10(13)6-9/h2-3,6,8H,4-5,7H2,1H3,(H,14,15,17). The van der Waals surface area contributed by atoms with Crippen LogP contribution in [0.15, 0.2) is 18.3 Å². The van der Waals surface area contributed by atoms with Crippen molar-refractivity contribution in [3.63, 3.8) is 0 Å². The Balaban J connectivity index is 1.97. The normalized spacial score (nSPS) is 19.1. The number of nitrogens with zero attached hydrogens (tertiary/aromatic N) is 2. The fraction of sp³-hybridized carbons (Fsp3) is 0.417. The fourth-order valence-corrected chi connectivity index (χ4v) is 3.00. The molecule has 0 saturated carbocycles. The second kappa shape index (κ2) is 6.25. The third kappa shape index (κ3) is 3.84. The van der Waals surface area contributed by atoms with Crippen molar-refractivity contribution in [1.29, 1.82) is 0 Å². The predicted octanol–water partition coefficient (Wildman–Crippen LogP) is 1.64. The molecule has 0 radical (unpaired) electrons. The van der Waals surface area contributed by atoms with E-state index in [0.717, 1.165) is 5.75 Å². The quantitative estimate of drug-likeness (QED) is 0.632. The zero-order valence-electron chi connectivity index (χ0n) is 10.4. The van der Waals surface area contributed by atoms with Gasteiger partial charge in [0.25, 0.3) is 0 Å². The van der Waals surface area contributed by atoms with Crippen LogP contribution in [0.25, 0.3) is 0 Å². The first-order chi connectivity index (χ1) is 9.06. The summed E-state index contributed by atoms with van der Waals surface area (Å²) in [6.45, 7) is 3.26. The number of hydrogen-bond acceptors (Lipinski definition) is 4. The molecule has 1 aliphatic heterocycles. The van der Waals surface area contributed by atoms with Crippen molar-refractivity contribution in [3.8, 4) is 0 Å². The number of nitrogens with one attached hydrogen (secondary N) is 1. The molecule has 5 nitrogen and oxygen atoms in total. The Kier molecular flexibility index (Phi) is 4.66. The molecule has 2 amide bonds. The number of anilines is 1. The number of pyridine rings is 1. The number of halogens is 1. The topological polar surface area (TPSA) is 62.3 Å². The molecule has 0 aromatic carbocycles. The van der Waals surface area contributed by atoms with Crippen LogP contribution in [0, 0.1) is 0 Å². The average molecular weight is 300 g/mol. The molecule has 1 saturated heterocycles. The van der Waals surface area contributed by atoms with Crippen molar-refractivity contribution in [2.24, 2.45) is 0 Å². The molecular weight excluding hydrogens is 286 g/mol. The van der Waals surface area contributed by atoms with Gasteiger partial charge in [-0.2, -0.15) is 11.8 Å². The van der Waals surface area contributed by atoms with Crippen LogP contribution < -0.4 is 5.32 Å². The monoisotopic (exact) mass is 299 g/mol. The van der Waals surface area contributed by atoms with Gasteiger partial charge in [0.15, 0.2) is 0 Å². The summed E-state index contributed by atoms with van der Waals surface area (Å²) in [7, 11) is 0. The maximum Gasteiger partial charge on any atom is 0.313 e. The van der Waals surface area contributed by atoms with E-state index in [1.807, 2.05) is 6.92 Å². The van der Waals surface area contributed by atoms with Gasteiger partial charge >= 0.3 is 11.8 Å². The largest absolute Gasteiger partial charge is 0.333 e. The molecule has 0 aliphatic carbocycles. The third-order valence-electron chi connectivity index (χ3n) is 2.71. The van der Waals surface area contributed by atoms with Gasteiger partial charge < -0.3 is 10.2 Å². The number of hydrogen-bond donors (Lipinski definition) is 1. The van der Waals surface area contributed by atoms with Crippen molar-refractivity contribution in [3.05, 3.63) is 23.5 Å². The lowest BCUT2D eigenvalue weighted by atomic mass is 10.3. The SMILES string of the molecule is CC1CN(C(=O)C(=O)Nc2ccnc(Cl)c2)CCS1. The lowest BCUT2D eigenvalue weighted by Gasteiger charge is -2.29. The van der Waals surface area contributed by atoms with E-state index in [9.17, 15) is 9.59 Å². The van der Waals surface area contributed by atoms with Crippen LogP contribution in [0.3, 0.4) is 0 Å². The Morgan fingerprint density at radius 3 is 3.05 bits per heavy atom. The highest BCUT2D eigenvalue weighted by Crippen LogP contribution is 2.18. The minimum atomic E-state index is -0.638. The van der Waals surface area contributed by atoms with E-state index in [0.29, 0.717) is 24.0 Å². The number of amides is 2. The van der Waals surface area contributed by atoms with E-state index in [1.165, 1.54) is 12.3 Å². The second-order valence-electron chi connectivity index (χ2n) is 4.25. The van der Waals surface area contributed by atoms with E-state index in [1.54, 1.807) is 22.7 Å². The molecular formula is C12H14ClN3O2S. The Morgan fingerprint density at radius 2 is 2.37 bits per heavy atom. The Morgan fingerprint density at radius 1 is 1.58 bits per heavy atom. The van der Waals surface area contributed by atoms with E-state index in [2.05, 4.69) is 10.3 Å². The van der Waals surface area contributed by atoms with Crippen molar-refractivity contribution in [2.75, 3.05) is 24.2 Å². The summed E-state index contributed by atoms with van der Waals surface area (Å²) >= 11 is 7.52. The van der Waals surface area contributed by atoms with Crippen LogP contribution in [0.2, 0.25) is 5.15 Å². The molecule has 2 rings (SSSR count). The summed E-state index contributed by atoms with van der Waals surface area (Å²) in [4.78, 5) is 29.2. The van der Waals surface area contributed by atoms with E-state index in [4.69, 9.17) is 11.6 Å². The van der Waals surface area contributed by atoms with E-state index < -0.39 is 11.8 Å². The second-order valence-corrected chi connectivity index (χ2v) is 6.19. The first kappa shape index (κ1) is 14.1. The minimum absolute atomic E-state index is 0.272. The predicted molar refractivity (Wildman–Crippen MR) is 76.4 cm³/mol. The molecule has 1 N–H and O–H groups in total. The molecule has 2 heterocycles. The maximum atomic E-state index is 12.0. The Hall–Kier alpha value is -1.27. The van der Waals surface area contributed by atoms with E-state index >= 15 is 0 Å². The molecule has 1 aliphatic rings. The molecule has 1 aromatic rings. The lowest BCUT2D eigenvalue weighted by Crippen LogP contribution is -2.46. The zero-order chi connectivity index (χ0) is 13.8. The lowest BCUT2D eigenvalue weighted by molar-refractivity contribution is -0.143. The highest BCUT2D eigenvalue weighted by molar-refractivity contribution is 7.99. The van der Waals surface area contributed by atoms with Crippen molar-refractivity contribution in [1.82, 2.24) is 9.88 Å². The van der Waals surface area contributed by atoms with Gasteiger partial charge in [0.2, 0.25) is 0 Å². The van der Waals surface area contributed by atoms with Gasteiger partial charge in [-0.15, -0.1) is 0 Å². The molecule has 1 unspecified atom stereocenters. The number of aromatic nitrogens is 1. The number of rotatable bonds is 1. The van der Waals surface area contributed by atoms with Gasteiger partial charge in [-0.1, -0.05) is 18.5 Å². The fourth-order valence-electron chi connectivity index (χ4n) is 1.81. The van der Waals surface area contributed by atoms with Gasteiger partial charge in [-0.25, -0.2) is 4.98 Å². The van der Waals surface area contributed by atoms with Crippen molar-refractivity contribution < 1.29 is 9.59 Å². The number of thioether (sulfide) groups is 1. The summed E-state index contributed by atoms with van der Waals surface area (Å²) in [5.74, 6) is -0.275. The van der Waals surface area contributed by atoms with Gasteiger partial charge in [-0.3, -0.25) is 9.59 Å². The minimum Gasteiger partial charge on any atom is -0.333 e. The summed E-state index contributed by atoms with van der Waals surface area (Å²) in [5.41, 5.74) is 0.470. The number of carbonyl (C=O) groups excluding carboxylic acids is 2. The van der Waals surface area contributed by atoms with Gasteiger partial charge in [0.05, 0.1) is 0 Å². The highest BCUT2D eigenvalue weighted by Gasteiger charge is 2.26. The van der Waals surface area contributed by atoms with Crippen LogP contribution in [-0.2, 0) is 9.59 Å². The summed E-state index contributed by atoms with van der Waals surface area (Å²) in [6, 6.07) is 3.09. The molecule has 102 valence electrons. The Labute approximate surface area is 120 Å². The molecule has 1 fully saturated rings. The van der Waals surface area contributed by atoms with Crippen LogP contribution in [-0.4, -0.2) is 45.8 Å². The molecule has 1 atom stereocenters. The van der Waals surface area contributed by atoms with Crippen LogP contribution >= 0.6 is 23.4 Å². The Bertz CT molecular complexity index is 498. The van der Waals surface area contributed by atoms with Crippen LogP contribution in [0.4, 0.5) is 5.69 Å². The summed E-state index contributed by atoms with van der Waals surface area (Å²) in [5, 5.41) is 3.17. The molecule has 19 heavy (non-hydrogen) atoms. The molecule has 1 aromatic heterocycles.